The number of nitrogens with one attached hydrogen (secondary N) is 1. The van der Waals surface area contributed by atoms with E-state index in [2.05, 4.69) is 4.72 Å². The van der Waals surface area contributed by atoms with Crippen LogP contribution in [0.15, 0.2) is 41.3 Å². The number of hydrogen-bond acceptors (Lipinski definition) is 4. The second-order valence-corrected chi connectivity index (χ2v) is 6.72. The van der Waals surface area contributed by atoms with Gasteiger partial charge in [0, 0.05) is 0 Å². The molecular weight excluding hydrogens is 318 g/mol. The summed E-state index contributed by atoms with van der Waals surface area (Å²) in [5.41, 5.74) is 1.04. The number of methoxy groups -OCH3 is 1. The van der Waals surface area contributed by atoms with Gasteiger partial charge in [0.2, 0.25) is 0 Å². The quantitative estimate of drug-likeness (QED) is 0.876. The Hall–Kier alpha value is -2.54. The minimum atomic E-state index is -3.90. The lowest BCUT2D eigenvalue weighted by atomic mass is 10.0. The molecule has 0 bridgehead atoms. The fourth-order valence-corrected chi connectivity index (χ4v) is 3.31. The van der Waals surface area contributed by atoms with Gasteiger partial charge in [0.25, 0.3) is 10.0 Å². The van der Waals surface area contributed by atoms with E-state index in [0.29, 0.717) is 16.9 Å². The van der Waals surface area contributed by atoms with Gasteiger partial charge in [0.15, 0.2) is 0 Å². The second kappa shape index (κ2) is 6.29. The molecule has 0 aromatic heterocycles. The first-order valence-corrected chi connectivity index (χ1v) is 8.25. The summed E-state index contributed by atoms with van der Waals surface area (Å²) in [6.45, 7) is 3.27. The summed E-state index contributed by atoms with van der Waals surface area (Å²) in [6, 6.07) is 9.16. The van der Waals surface area contributed by atoms with Crippen LogP contribution in [0.25, 0.3) is 0 Å². The van der Waals surface area contributed by atoms with Gasteiger partial charge in [-0.05, 0) is 49.2 Å². The van der Waals surface area contributed by atoms with Crippen LogP contribution < -0.4 is 9.46 Å². The molecule has 2 aromatic rings. The first kappa shape index (κ1) is 16.8. The van der Waals surface area contributed by atoms with E-state index in [0.717, 1.165) is 0 Å². The average molecular weight is 335 g/mol. The van der Waals surface area contributed by atoms with Crippen LogP contribution in [0, 0.1) is 13.8 Å². The van der Waals surface area contributed by atoms with Gasteiger partial charge in [-0.15, -0.1) is 0 Å². The largest absolute Gasteiger partial charge is 0.497 e. The number of carboxylic acid groups (broad SMARTS) is 1. The lowest BCUT2D eigenvalue weighted by molar-refractivity contribution is 0.0697. The van der Waals surface area contributed by atoms with Crippen molar-refractivity contribution >= 4 is 21.7 Å². The van der Waals surface area contributed by atoms with Crippen molar-refractivity contribution < 1.29 is 23.1 Å². The molecule has 0 spiro atoms. The van der Waals surface area contributed by atoms with Gasteiger partial charge in [0.05, 0.1) is 23.3 Å². The molecule has 2 N–H and O–H groups in total. The minimum Gasteiger partial charge on any atom is -0.497 e. The number of benzene rings is 2. The number of carbonyl (C=O) groups is 1. The molecule has 23 heavy (non-hydrogen) atoms. The average Bonchev–Trinajstić information content (AvgIpc) is 2.50. The molecule has 6 nitrogen and oxygen atoms in total. The maximum Gasteiger partial charge on any atom is 0.338 e. The molecule has 0 aliphatic rings. The van der Waals surface area contributed by atoms with Crippen LogP contribution in [0.1, 0.15) is 21.5 Å². The topological polar surface area (TPSA) is 92.7 Å². The Morgan fingerprint density at radius 2 is 1.61 bits per heavy atom. The lowest BCUT2D eigenvalue weighted by Crippen LogP contribution is -2.17. The van der Waals surface area contributed by atoms with Crippen LogP contribution in [0.3, 0.4) is 0 Å². The van der Waals surface area contributed by atoms with Crippen LogP contribution in [0.2, 0.25) is 0 Å². The summed E-state index contributed by atoms with van der Waals surface area (Å²) in [7, 11) is -2.42. The molecule has 0 radical (unpaired) electrons. The third-order valence-corrected chi connectivity index (χ3v) is 4.81. The van der Waals surface area contributed by atoms with Crippen molar-refractivity contribution in [3.8, 4) is 5.75 Å². The van der Waals surface area contributed by atoms with Crippen LogP contribution in [0.4, 0.5) is 5.69 Å². The molecule has 0 heterocycles. The third kappa shape index (κ3) is 3.45. The summed E-state index contributed by atoms with van der Waals surface area (Å²) < 4.78 is 32.4. The van der Waals surface area contributed by atoms with Gasteiger partial charge >= 0.3 is 5.97 Å². The Kier molecular flexibility index (Phi) is 4.60. The fourth-order valence-electron chi connectivity index (χ4n) is 2.17. The van der Waals surface area contributed by atoms with Crippen molar-refractivity contribution in [3.05, 3.63) is 53.1 Å². The molecule has 0 aliphatic carbocycles. The van der Waals surface area contributed by atoms with E-state index in [1.54, 1.807) is 26.0 Å². The van der Waals surface area contributed by atoms with Gasteiger partial charge in [-0.3, -0.25) is 4.72 Å². The number of ether oxygens (including phenoxy) is 1. The monoisotopic (exact) mass is 335 g/mol. The molecule has 0 fully saturated rings. The fraction of sp³-hybridized carbons (Fsp3) is 0.188. The van der Waals surface area contributed by atoms with Crippen molar-refractivity contribution in [2.24, 2.45) is 0 Å². The Morgan fingerprint density at radius 3 is 2.13 bits per heavy atom. The van der Waals surface area contributed by atoms with E-state index in [1.807, 2.05) is 0 Å². The van der Waals surface area contributed by atoms with Gasteiger partial charge < -0.3 is 9.84 Å². The Balaban J connectivity index is 2.48. The maximum absolute atomic E-state index is 12.5. The number of aryl methyl sites for hydroxylation is 2. The van der Waals surface area contributed by atoms with E-state index in [-0.39, 0.29) is 16.1 Å². The highest BCUT2D eigenvalue weighted by Gasteiger charge is 2.21. The summed E-state index contributed by atoms with van der Waals surface area (Å²) >= 11 is 0. The van der Waals surface area contributed by atoms with E-state index < -0.39 is 16.0 Å². The Morgan fingerprint density at radius 1 is 1.04 bits per heavy atom. The zero-order valence-corrected chi connectivity index (χ0v) is 13.8. The summed E-state index contributed by atoms with van der Waals surface area (Å²) in [5, 5.41) is 9.36. The van der Waals surface area contributed by atoms with Crippen LogP contribution >= 0.6 is 0 Å². The van der Waals surface area contributed by atoms with Crippen LogP contribution in [0.5, 0.6) is 5.75 Å². The van der Waals surface area contributed by atoms with E-state index in [4.69, 9.17) is 4.74 Å². The second-order valence-electron chi connectivity index (χ2n) is 5.04. The zero-order valence-electron chi connectivity index (χ0n) is 13.0. The Labute approximate surface area is 134 Å². The summed E-state index contributed by atoms with van der Waals surface area (Å²) in [4.78, 5) is 11.5. The number of carboxylic acids is 1. The highest BCUT2D eigenvalue weighted by atomic mass is 32.2. The van der Waals surface area contributed by atoms with Gasteiger partial charge in [-0.25, -0.2) is 13.2 Å². The van der Waals surface area contributed by atoms with E-state index in [9.17, 15) is 18.3 Å². The van der Waals surface area contributed by atoms with E-state index >= 15 is 0 Å². The molecule has 2 rings (SSSR count). The normalized spacial score (nSPS) is 11.1. The predicted octanol–water partition coefficient (Wildman–Crippen LogP) is 2.81. The molecule has 0 amide bonds. The van der Waals surface area contributed by atoms with Crippen molar-refractivity contribution in [1.82, 2.24) is 0 Å². The number of sulfonamides is 1. The summed E-state index contributed by atoms with van der Waals surface area (Å²) in [5.74, 6) is -0.652. The first-order valence-electron chi connectivity index (χ1n) is 6.76. The molecule has 122 valence electrons. The molecule has 0 unspecified atom stereocenters. The lowest BCUT2D eigenvalue weighted by Gasteiger charge is -2.15. The van der Waals surface area contributed by atoms with Crippen molar-refractivity contribution in [1.29, 1.82) is 0 Å². The van der Waals surface area contributed by atoms with Crippen LogP contribution in [-0.2, 0) is 10.0 Å². The number of aromatic carboxylic acids is 1. The SMILES string of the molecule is COc1ccc(S(=O)(=O)Nc2c(C)ccc(C)c2C(=O)O)cc1. The molecule has 2 aromatic carbocycles. The number of rotatable bonds is 5. The Bertz CT molecular complexity index is 842. The molecule has 0 aliphatic heterocycles. The van der Waals surface area contributed by atoms with Crippen molar-refractivity contribution in [2.45, 2.75) is 18.7 Å². The van der Waals surface area contributed by atoms with Crippen LogP contribution in [-0.4, -0.2) is 26.6 Å². The molecule has 0 saturated carbocycles. The van der Waals surface area contributed by atoms with Gasteiger partial charge in [0.1, 0.15) is 5.75 Å². The highest BCUT2D eigenvalue weighted by molar-refractivity contribution is 7.92. The first-order chi connectivity index (χ1) is 10.8. The van der Waals surface area contributed by atoms with Crippen molar-refractivity contribution in [2.75, 3.05) is 11.8 Å². The predicted molar refractivity (Wildman–Crippen MR) is 86.7 cm³/mol. The highest BCUT2D eigenvalue weighted by Crippen LogP contribution is 2.27. The van der Waals surface area contributed by atoms with E-state index in [1.165, 1.54) is 31.4 Å². The smallest absolute Gasteiger partial charge is 0.338 e. The standard InChI is InChI=1S/C16H17NO5S/c1-10-4-5-11(2)15(14(10)16(18)19)17-23(20,21)13-8-6-12(22-3)7-9-13/h4-9,17H,1-3H3,(H,18,19). The third-order valence-electron chi connectivity index (χ3n) is 3.44. The maximum atomic E-state index is 12.5. The minimum absolute atomic E-state index is 0.0237. The molecule has 0 saturated heterocycles. The zero-order chi connectivity index (χ0) is 17.2. The van der Waals surface area contributed by atoms with Gasteiger partial charge in [-0.2, -0.15) is 0 Å². The molecule has 7 heteroatoms. The van der Waals surface area contributed by atoms with Gasteiger partial charge in [-0.1, -0.05) is 12.1 Å². The molecule has 0 atom stereocenters. The number of hydrogen-bond donors (Lipinski definition) is 2. The summed E-state index contributed by atoms with van der Waals surface area (Å²) in [6.07, 6.45) is 0. The number of anilines is 1. The molecular formula is C16H17NO5S. The van der Waals surface area contributed by atoms with Crippen molar-refractivity contribution in [3.63, 3.8) is 0 Å².